The summed E-state index contributed by atoms with van der Waals surface area (Å²) in [6.07, 6.45) is -0.109. The van der Waals surface area contributed by atoms with Gasteiger partial charge in [0.05, 0.1) is 11.5 Å². The standard InChI is InChI=1S/C24H26N2O6S/c1-15(27)17-5-3-7-21(9-17)25-23(29)11-19-13-33(31,32)14-20(19)12-24(30)26-22-8-4-6-18(10-22)16(2)28/h3-10,19-20H,11-14H2,1-2H3,(H,25,29)(H,26,30)/t19-,20+. The van der Waals surface area contributed by atoms with Gasteiger partial charge in [-0.25, -0.2) is 8.42 Å². The molecule has 2 aromatic rings. The van der Waals surface area contributed by atoms with Gasteiger partial charge in [-0.1, -0.05) is 24.3 Å². The first-order valence-electron chi connectivity index (χ1n) is 10.5. The van der Waals surface area contributed by atoms with Crippen LogP contribution in [-0.4, -0.2) is 43.3 Å². The van der Waals surface area contributed by atoms with Crippen LogP contribution < -0.4 is 10.6 Å². The van der Waals surface area contributed by atoms with Crippen molar-refractivity contribution in [3.05, 3.63) is 59.7 Å². The Morgan fingerprint density at radius 3 is 1.52 bits per heavy atom. The summed E-state index contributed by atoms with van der Waals surface area (Å²) in [7, 11) is -3.37. The second kappa shape index (κ2) is 10.1. The van der Waals surface area contributed by atoms with Crippen LogP contribution in [0, 0.1) is 11.8 Å². The number of carbonyl (C=O) groups is 4. The van der Waals surface area contributed by atoms with E-state index >= 15 is 0 Å². The number of Topliss-reactive ketones (excluding diaryl/α,β-unsaturated/α-hetero) is 2. The third-order valence-electron chi connectivity index (χ3n) is 5.60. The van der Waals surface area contributed by atoms with Gasteiger partial charge in [0.2, 0.25) is 11.8 Å². The van der Waals surface area contributed by atoms with E-state index in [-0.39, 0.29) is 47.7 Å². The number of carbonyl (C=O) groups excluding carboxylic acids is 4. The van der Waals surface area contributed by atoms with E-state index in [1.54, 1.807) is 48.5 Å². The monoisotopic (exact) mass is 470 g/mol. The van der Waals surface area contributed by atoms with E-state index in [0.29, 0.717) is 22.5 Å². The molecule has 8 nitrogen and oxygen atoms in total. The minimum atomic E-state index is -3.37. The fraction of sp³-hybridized carbons (Fsp3) is 0.333. The molecular formula is C24H26N2O6S. The number of amides is 2. The molecule has 0 spiro atoms. The minimum absolute atomic E-state index is 0.0543. The lowest BCUT2D eigenvalue weighted by Gasteiger charge is -2.17. The largest absolute Gasteiger partial charge is 0.326 e. The molecule has 174 valence electrons. The molecule has 0 aromatic heterocycles. The van der Waals surface area contributed by atoms with E-state index < -0.39 is 21.7 Å². The summed E-state index contributed by atoms with van der Waals surface area (Å²) in [4.78, 5) is 48.2. The third-order valence-corrected chi connectivity index (χ3v) is 7.48. The molecule has 1 aliphatic rings. The maximum atomic E-state index is 12.6. The SMILES string of the molecule is CC(=O)c1cccc(NC(=O)C[C@@H]2CS(=O)(=O)C[C@@H]2CC(=O)Nc2cccc(C(C)=O)c2)c1. The van der Waals surface area contributed by atoms with E-state index in [2.05, 4.69) is 10.6 Å². The summed E-state index contributed by atoms with van der Waals surface area (Å²) in [6, 6.07) is 13.0. The molecule has 0 bridgehead atoms. The van der Waals surface area contributed by atoms with Gasteiger partial charge >= 0.3 is 0 Å². The Morgan fingerprint density at radius 1 is 0.758 bits per heavy atom. The van der Waals surface area contributed by atoms with Gasteiger partial charge in [0.15, 0.2) is 21.4 Å². The summed E-state index contributed by atoms with van der Waals surface area (Å²) in [5.41, 5.74) is 1.82. The summed E-state index contributed by atoms with van der Waals surface area (Å²) >= 11 is 0. The molecule has 0 radical (unpaired) electrons. The number of nitrogens with one attached hydrogen (secondary N) is 2. The van der Waals surface area contributed by atoms with Gasteiger partial charge in [0, 0.05) is 35.3 Å². The molecule has 33 heavy (non-hydrogen) atoms. The Balaban J connectivity index is 1.64. The summed E-state index contributed by atoms with van der Waals surface area (Å²) in [5.74, 6) is -2.34. The van der Waals surface area contributed by atoms with Gasteiger partial charge in [0.1, 0.15) is 0 Å². The molecule has 0 aliphatic carbocycles. The normalized spacial score (nSPS) is 19.0. The lowest BCUT2D eigenvalue weighted by Crippen LogP contribution is -2.25. The molecular weight excluding hydrogens is 444 g/mol. The van der Waals surface area contributed by atoms with Crippen molar-refractivity contribution in [2.75, 3.05) is 22.1 Å². The van der Waals surface area contributed by atoms with Gasteiger partial charge < -0.3 is 10.6 Å². The Morgan fingerprint density at radius 2 is 1.15 bits per heavy atom. The molecule has 2 aromatic carbocycles. The number of hydrogen-bond acceptors (Lipinski definition) is 6. The first kappa shape index (κ1) is 24.3. The zero-order chi connectivity index (χ0) is 24.2. The van der Waals surface area contributed by atoms with Crippen LogP contribution in [0.3, 0.4) is 0 Å². The van der Waals surface area contributed by atoms with Crippen molar-refractivity contribution in [2.24, 2.45) is 11.8 Å². The van der Waals surface area contributed by atoms with Crippen molar-refractivity contribution in [3.8, 4) is 0 Å². The number of sulfone groups is 1. The van der Waals surface area contributed by atoms with Crippen molar-refractivity contribution in [2.45, 2.75) is 26.7 Å². The summed E-state index contributed by atoms with van der Waals surface area (Å²) in [6.45, 7) is 2.85. The topological polar surface area (TPSA) is 126 Å². The third kappa shape index (κ3) is 6.82. The molecule has 2 amide bonds. The zero-order valence-corrected chi connectivity index (χ0v) is 19.3. The highest BCUT2D eigenvalue weighted by Crippen LogP contribution is 2.31. The van der Waals surface area contributed by atoms with E-state index in [1.807, 2.05) is 0 Å². The lowest BCUT2D eigenvalue weighted by molar-refractivity contribution is -0.119. The van der Waals surface area contributed by atoms with Crippen molar-refractivity contribution in [1.82, 2.24) is 0 Å². The number of anilines is 2. The highest BCUT2D eigenvalue weighted by atomic mass is 32.2. The Labute approximate surface area is 192 Å². The summed E-state index contributed by atoms with van der Waals surface area (Å²) < 4.78 is 24.5. The highest BCUT2D eigenvalue weighted by molar-refractivity contribution is 7.91. The fourth-order valence-electron chi connectivity index (χ4n) is 3.98. The van der Waals surface area contributed by atoms with E-state index in [9.17, 15) is 27.6 Å². The molecule has 1 aliphatic heterocycles. The van der Waals surface area contributed by atoms with E-state index in [0.717, 1.165) is 0 Å². The smallest absolute Gasteiger partial charge is 0.224 e. The van der Waals surface area contributed by atoms with Crippen LogP contribution in [0.25, 0.3) is 0 Å². The van der Waals surface area contributed by atoms with Crippen LogP contribution in [0.2, 0.25) is 0 Å². The Hall–Kier alpha value is -3.33. The molecule has 1 heterocycles. The molecule has 9 heteroatoms. The van der Waals surface area contributed by atoms with E-state index in [4.69, 9.17) is 0 Å². The van der Waals surface area contributed by atoms with Crippen LogP contribution in [0.15, 0.2) is 48.5 Å². The maximum Gasteiger partial charge on any atom is 0.224 e. The van der Waals surface area contributed by atoms with Gasteiger partial charge in [-0.15, -0.1) is 0 Å². The number of benzene rings is 2. The summed E-state index contributed by atoms with van der Waals surface area (Å²) in [5, 5.41) is 5.41. The molecule has 1 fully saturated rings. The van der Waals surface area contributed by atoms with Crippen LogP contribution in [-0.2, 0) is 19.4 Å². The first-order valence-corrected chi connectivity index (χ1v) is 12.4. The molecule has 2 N–H and O–H groups in total. The number of rotatable bonds is 8. The second-order valence-corrected chi connectivity index (χ2v) is 10.5. The Kier molecular flexibility index (Phi) is 7.43. The second-order valence-electron chi connectivity index (χ2n) is 8.38. The number of ketones is 2. The lowest BCUT2D eigenvalue weighted by atomic mass is 9.89. The molecule has 3 rings (SSSR count). The Bertz CT molecular complexity index is 1120. The molecule has 0 saturated carbocycles. The van der Waals surface area contributed by atoms with Gasteiger partial charge in [-0.2, -0.15) is 0 Å². The predicted molar refractivity (Wildman–Crippen MR) is 125 cm³/mol. The minimum Gasteiger partial charge on any atom is -0.326 e. The van der Waals surface area contributed by atoms with Gasteiger partial charge in [0.25, 0.3) is 0 Å². The quantitative estimate of drug-likeness (QED) is 0.571. The average Bonchev–Trinajstić information content (AvgIpc) is 3.00. The predicted octanol–water partition coefficient (Wildman–Crippen LogP) is 3.11. The van der Waals surface area contributed by atoms with E-state index in [1.165, 1.54) is 13.8 Å². The van der Waals surface area contributed by atoms with Crippen LogP contribution in [0.1, 0.15) is 47.4 Å². The van der Waals surface area contributed by atoms with Crippen molar-refractivity contribution < 1.29 is 27.6 Å². The van der Waals surface area contributed by atoms with Crippen LogP contribution in [0.4, 0.5) is 11.4 Å². The average molecular weight is 471 g/mol. The van der Waals surface area contributed by atoms with Gasteiger partial charge in [-0.3, -0.25) is 19.2 Å². The van der Waals surface area contributed by atoms with Gasteiger partial charge in [-0.05, 0) is 49.9 Å². The highest BCUT2D eigenvalue weighted by Gasteiger charge is 2.39. The van der Waals surface area contributed by atoms with Crippen molar-refractivity contribution in [1.29, 1.82) is 0 Å². The zero-order valence-electron chi connectivity index (χ0n) is 18.5. The first-order chi connectivity index (χ1) is 15.5. The van der Waals surface area contributed by atoms with Crippen LogP contribution >= 0.6 is 0 Å². The molecule has 0 unspecified atom stereocenters. The van der Waals surface area contributed by atoms with Crippen LogP contribution in [0.5, 0.6) is 0 Å². The molecule has 2 atom stereocenters. The van der Waals surface area contributed by atoms with Crippen molar-refractivity contribution >= 4 is 44.6 Å². The maximum absolute atomic E-state index is 12.6. The number of hydrogen-bond donors (Lipinski definition) is 2. The van der Waals surface area contributed by atoms with Crippen molar-refractivity contribution in [3.63, 3.8) is 0 Å². The fourth-order valence-corrected chi connectivity index (χ4v) is 6.20. The molecule has 1 saturated heterocycles.